The highest BCUT2D eigenvalue weighted by molar-refractivity contribution is 5.98. The zero-order chi connectivity index (χ0) is 12.6. The van der Waals surface area contributed by atoms with Crippen LogP contribution in [0, 0.1) is 11.8 Å². The molecule has 0 fully saturated rings. The Morgan fingerprint density at radius 2 is 1.71 bits per heavy atom. The number of fused-ring (bicyclic) bond motifs is 1. The lowest BCUT2D eigenvalue weighted by molar-refractivity contribution is -0.0557. The van der Waals surface area contributed by atoms with Crippen molar-refractivity contribution in [2.75, 3.05) is 0 Å². The van der Waals surface area contributed by atoms with Gasteiger partial charge < -0.3 is 4.74 Å². The largest absolute Gasteiger partial charge is 0.465 e. The Balaban J connectivity index is 2.48. The third kappa shape index (κ3) is 1.79. The molecule has 17 heavy (non-hydrogen) atoms. The van der Waals surface area contributed by atoms with E-state index in [0.717, 1.165) is 0 Å². The lowest BCUT2D eigenvalue weighted by atomic mass is 9.86. The Morgan fingerprint density at radius 1 is 1.12 bits per heavy atom. The van der Waals surface area contributed by atoms with E-state index in [2.05, 4.69) is 5.32 Å². The Kier molecular flexibility index (Phi) is 2.86. The third-order valence-corrected chi connectivity index (χ3v) is 3.32. The molecule has 0 unspecified atom stereocenters. The molecule has 3 nitrogen and oxygen atoms in total. The number of ether oxygens (including phenoxy) is 1. The molecule has 0 N–H and O–H groups in total. The number of carbonyl (C=O) groups excluding carboxylic acids is 1. The Labute approximate surface area is 102 Å². The number of rotatable bonds is 2. The summed E-state index contributed by atoms with van der Waals surface area (Å²) in [6.07, 6.45) is 0. The van der Waals surface area contributed by atoms with Crippen LogP contribution in [0.3, 0.4) is 0 Å². The van der Waals surface area contributed by atoms with Gasteiger partial charge in [0.25, 0.3) is 5.91 Å². The van der Waals surface area contributed by atoms with Crippen LogP contribution < -0.4 is 10.1 Å². The fourth-order valence-electron chi connectivity index (χ4n) is 2.31. The van der Waals surface area contributed by atoms with Crippen LogP contribution in [0.1, 0.15) is 38.1 Å². The first kappa shape index (κ1) is 12.0. The molecule has 1 aliphatic heterocycles. The topological polar surface area (TPSA) is 40.4 Å². The van der Waals surface area contributed by atoms with E-state index in [0.29, 0.717) is 11.3 Å². The molecule has 1 heterocycles. The van der Waals surface area contributed by atoms with Crippen LogP contribution >= 0.6 is 0 Å². The molecule has 1 aliphatic rings. The molecule has 1 radical (unpaired) electrons. The van der Waals surface area contributed by atoms with Crippen molar-refractivity contribution < 1.29 is 9.53 Å². The number of benzene rings is 1. The van der Waals surface area contributed by atoms with Crippen molar-refractivity contribution in [1.29, 1.82) is 0 Å². The van der Waals surface area contributed by atoms with Crippen molar-refractivity contribution in [2.45, 2.75) is 33.4 Å². The number of hydrogen-bond donors (Lipinski definition) is 0. The minimum atomic E-state index is -0.731. The fourth-order valence-corrected chi connectivity index (χ4v) is 2.31. The van der Waals surface area contributed by atoms with Crippen molar-refractivity contribution in [3.8, 4) is 5.75 Å². The van der Waals surface area contributed by atoms with E-state index in [1.165, 1.54) is 0 Å². The molecular weight excluding hydrogens is 214 g/mol. The van der Waals surface area contributed by atoms with Crippen molar-refractivity contribution in [3.63, 3.8) is 0 Å². The number of carbonyl (C=O) groups is 1. The fraction of sp³-hybridized carbons (Fsp3) is 0.500. The molecule has 0 bridgehead atoms. The SMILES string of the molecule is CC(C)C1(C(C)C)[N]C(=O)c2ccccc2O1. The molecule has 0 saturated heterocycles. The van der Waals surface area contributed by atoms with Gasteiger partial charge in [-0.1, -0.05) is 39.8 Å². The summed E-state index contributed by atoms with van der Waals surface area (Å²) in [4.78, 5) is 12.1. The predicted octanol–water partition coefficient (Wildman–Crippen LogP) is 2.83. The van der Waals surface area contributed by atoms with Gasteiger partial charge in [0.2, 0.25) is 5.72 Å². The van der Waals surface area contributed by atoms with E-state index < -0.39 is 5.72 Å². The van der Waals surface area contributed by atoms with Gasteiger partial charge >= 0.3 is 0 Å². The molecule has 0 aromatic heterocycles. The second-order valence-corrected chi connectivity index (χ2v) is 5.08. The van der Waals surface area contributed by atoms with Gasteiger partial charge in [0.05, 0.1) is 5.56 Å². The maximum absolute atomic E-state index is 12.1. The standard InChI is InChI=1S/C14H18NO2/c1-9(2)14(10(3)4)15-13(16)11-7-5-6-8-12(11)17-14/h5-10H,1-4H3. The summed E-state index contributed by atoms with van der Waals surface area (Å²) >= 11 is 0. The second-order valence-electron chi connectivity index (χ2n) is 5.08. The van der Waals surface area contributed by atoms with Crippen LogP contribution in [0.4, 0.5) is 0 Å². The Morgan fingerprint density at radius 3 is 2.29 bits per heavy atom. The predicted molar refractivity (Wildman–Crippen MR) is 65.9 cm³/mol. The van der Waals surface area contributed by atoms with Gasteiger partial charge in [0.15, 0.2) is 0 Å². The van der Waals surface area contributed by atoms with Gasteiger partial charge in [-0.05, 0) is 12.1 Å². The monoisotopic (exact) mass is 232 g/mol. The summed E-state index contributed by atoms with van der Waals surface area (Å²) < 4.78 is 6.03. The quantitative estimate of drug-likeness (QED) is 0.786. The number of para-hydroxylation sites is 1. The van der Waals surface area contributed by atoms with Crippen LogP contribution in [-0.4, -0.2) is 11.6 Å². The molecule has 2 rings (SSSR count). The van der Waals surface area contributed by atoms with Crippen LogP contribution in [0.5, 0.6) is 5.75 Å². The van der Waals surface area contributed by atoms with Crippen molar-refractivity contribution >= 4 is 5.91 Å². The average Bonchev–Trinajstić information content (AvgIpc) is 2.28. The van der Waals surface area contributed by atoms with Crippen LogP contribution in [0.2, 0.25) is 0 Å². The summed E-state index contributed by atoms with van der Waals surface area (Å²) in [6.45, 7) is 8.13. The summed E-state index contributed by atoms with van der Waals surface area (Å²) in [5.74, 6) is 0.781. The minimum Gasteiger partial charge on any atom is -0.465 e. The normalized spacial score (nSPS) is 17.6. The maximum Gasteiger partial charge on any atom is 0.279 e. The van der Waals surface area contributed by atoms with Crippen molar-refractivity contribution in [3.05, 3.63) is 29.8 Å². The van der Waals surface area contributed by atoms with Gasteiger partial charge in [-0.25, -0.2) is 5.32 Å². The molecule has 91 valence electrons. The molecule has 0 spiro atoms. The molecular formula is C14H18NO2. The zero-order valence-corrected chi connectivity index (χ0v) is 10.7. The number of nitrogens with zero attached hydrogens (tertiary/aromatic N) is 1. The van der Waals surface area contributed by atoms with Crippen LogP contribution in [0.15, 0.2) is 24.3 Å². The number of amides is 1. The smallest absolute Gasteiger partial charge is 0.279 e. The molecule has 1 amide bonds. The van der Waals surface area contributed by atoms with Gasteiger partial charge in [0, 0.05) is 11.8 Å². The van der Waals surface area contributed by atoms with E-state index in [-0.39, 0.29) is 17.7 Å². The van der Waals surface area contributed by atoms with E-state index in [4.69, 9.17) is 4.74 Å². The average molecular weight is 232 g/mol. The summed E-state index contributed by atoms with van der Waals surface area (Å²) in [5.41, 5.74) is -0.171. The summed E-state index contributed by atoms with van der Waals surface area (Å²) in [7, 11) is 0. The van der Waals surface area contributed by atoms with E-state index in [1.54, 1.807) is 6.07 Å². The maximum atomic E-state index is 12.1. The molecule has 0 atom stereocenters. The first-order valence-corrected chi connectivity index (χ1v) is 6.02. The van der Waals surface area contributed by atoms with Gasteiger partial charge in [-0.3, -0.25) is 4.79 Å². The minimum absolute atomic E-state index is 0.153. The summed E-state index contributed by atoms with van der Waals surface area (Å²) in [6, 6.07) is 7.30. The first-order valence-electron chi connectivity index (χ1n) is 6.02. The van der Waals surface area contributed by atoms with E-state index >= 15 is 0 Å². The molecule has 0 saturated carbocycles. The highest BCUT2D eigenvalue weighted by Gasteiger charge is 2.46. The van der Waals surface area contributed by atoms with Crippen LogP contribution in [-0.2, 0) is 0 Å². The molecule has 1 aromatic rings. The highest BCUT2D eigenvalue weighted by atomic mass is 16.5. The van der Waals surface area contributed by atoms with Gasteiger partial charge in [-0.2, -0.15) is 0 Å². The molecule has 3 heteroatoms. The summed E-state index contributed by atoms with van der Waals surface area (Å²) in [5, 5.41) is 4.29. The van der Waals surface area contributed by atoms with Crippen molar-refractivity contribution in [1.82, 2.24) is 5.32 Å². The molecule has 1 aromatic carbocycles. The van der Waals surface area contributed by atoms with Crippen molar-refractivity contribution in [2.24, 2.45) is 11.8 Å². The number of hydrogen-bond acceptors (Lipinski definition) is 2. The Hall–Kier alpha value is -1.51. The molecule has 0 aliphatic carbocycles. The van der Waals surface area contributed by atoms with Crippen LogP contribution in [0.25, 0.3) is 0 Å². The van der Waals surface area contributed by atoms with Gasteiger partial charge in [-0.15, -0.1) is 0 Å². The van der Waals surface area contributed by atoms with Gasteiger partial charge in [0.1, 0.15) is 5.75 Å². The zero-order valence-electron chi connectivity index (χ0n) is 10.7. The van der Waals surface area contributed by atoms with E-state index in [9.17, 15) is 4.79 Å². The lowest BCUT2D eigenvalue weighted by Gasteiger charge is -2.42. The third-order valence-electron chi connectivity index (χ3n) is 3.32. The Bertz CT molecular complexity index is 430. The highest BCUT2D eigenvalue weighted by Crippen LogP contribution is 2.36. The first-order chi connectivity index (χ1) is 7.97. The van der Waals surface area contributed by atoms with E-state index in [1.807, 2.05) is 45.9 Å². The lowest BCUT2D eigenvalue weighted by Crippen LogP contribution is -2.58. The second kappa shape index (κ2) is 4.06.